The van der Waals surface area contributed by atoms with Gasteiger partial charge >= 0.3 is 0 Å². The molecule has 1 aliphatic rings. The predicted molar refractivity (Wildman–Crippen MR) is 100 cm³/mol. The van der Waals surface area contributed by atoms with Gasteiger partial charge in [-0.25, -0.2) is 0 Å². The molecule has 0 amide bonds. The van der Waals surface area contributed by atoms with Crippen LogP contribution in [0.15, 0.2) is 0 Å². The molecule has 0 aromatic carbocycles. The second kappa shape index (κ2) is 16.8. The molecule has 0 bridgehead atoms. The van der Waals surface area contributed by atoms with Crippen LogP contribution >= 0.6 is 0 Å². The van der Waals surface area contributed by atoms with Gasteiger partial charge in [0, 0.05) is 6.61 Å². The van der Waals surface area contributed by atoms with Gasteiger partial charge in [-0.05, 0) is 6.42 Å². The van der Waals surface area contributed by atoms with E-state index in [-0.39, 0.29) is 0 Å². The summed E-state index contributed by atoms with van der Waals surface area (Å²) in [5, 5.41) is 0. The average Bonchev–Trinajstić information content (AvgIpc) is 3.38. The zero-order valence-electron chi connectivity index (χ0n) is 15.8. The molecule has 138 valence electrons. The van der Waals surface area contributed by atoms with Crippen molar-refractivity contribution in [2.75, 3.05) is 19.8 Å². The largest absolute Gasteiger partial charge is 0.379 e. The molecule has 1 heterocycles. The van der Waals surface area contributed by atoms with E-state index in [1.165, 1.54) is 103 Å². The van der Waals surface area contributed by atoms with E-state index in [9.17, 15) is 0 Å². The molecule has 1 saturated heterocycles. The van der Waals surface area contributed by atoms with E-state index < -0.39 is 0 Å². The van der Waals surface area contributed by atoms with Crippen LogP contribution in [0.3, 0.4) is 0 Å². The highest BCUT2D eigenvalue weighted by molar-refractivity contribution is 4.67. The fourth-order valence-electron chi connectivity index (χ4n) is 3.13. The topological polar surface area (TPSA) is 21.8 Å². The van der Waals surface area contributed by atoms with Crippen molar-refractivity contribution in [1.29, 1.82) is 0 Å². The van der Waals surface area contributed by atoms with Crippen LogP contribution in [0.2, 0.25) is 0 Å². The number of epoxide rings is 1. The Hall–Kier alpha value is -0.0800. The quantitative estimate of drug-likeness (QED) is 0.195. The van der Waals surface area contributed by atoms with Crippen molar-refractivity contribution >= 4 is 0 Å². The summed E-state index contributed by atoms with van der Waals surface area (Å²) in [7, 11) is 0. The minimum Gasteiger partial charge on any atom is -0.379 e. The van der Waals surface area contributed by atoms with Crippen molar-refractivity contribution in [3.8, 4) is 0 Å². The Morgan fingerprint density at radius 2 is 1.04 bits per heavy atom. The summed E-state index contributed by atoms with van der Waals surface area (Å²) >= 11 is 0. The Bertz CT molecular complexity index is 226. The zero-order chi connectivity index (χ0) is 16.4. The average molecular weight is 327 g/mol. The van der Waals surface area contributed by atoms with Crippen LogP contribution in [0.4, 0.5) is 0 Å². The van der Waals surface area contributed by atoms with E-state index in [1.807, 2.05) is 0 Å². The van der Waals surface area contributed by atoms with Crippen LogP contribution in [-0.2, 0) is 9.47 Å². The summed E-state index contributed by atoms with van der Waals surface area (Å²) in [6.45, 7) is 4.95. The molecule has 0 saturated carbocycles. The van der Waals surface area contributed by atoms with Crippen LogP contribution < -0.4 is 0 Å². The van der Waals surface area contributed by atoms with E-state index in [1.54, 1.807) is 0 Å². The van der Waals surface area contributed by atoms with Crippen molar-refractivity contribution in [1.82, 2.24) is 0 Å². The summed E-state index contributed by atoms with van der Waals surface area (Å²) < 4.78 is 10.7. The van der Waals surface area contributed by atoms with Crippen LogP contribution in [0, 0.1) is 0 Å². The monoisotopic (exact) mass is 326 g/mol. The van der Waals surface area contributed by atoms with Gasteiger partial charge in [0.25, 0.3) is 0 Å². The molecule has 1 unspecified atom stereocenters. The lowest BCUT2D eigenvalue weighted by Crippen LogP contribution is -2.02. The zero-order valence-corrected chi connectivity index (χ0v) is 15.8. The van der Waals surface area contributed by atoms with Gasteiger partial charge in [-0.3, -0.25) is 0 Å². The molecule has 0 spiro atoms. The van der Waals surface area contributed by atoms with Gasteiger partial charge in [0.15, 0.2) is 0 Å². The molecule has 23 heavy (non-hydrogen) atoms. The second-order valence-electron chi connectivity index (χ2n) is 7.33. The molecular formula is C21H42O2. The first-order valence-electron chi connectivity index (χ1n) is 10.6. The Morgan fingerprint density at radius 3 is 1.43 bits per heavy atom. The van der Waals surface area contributed by atoms with Crippen molar-refractivity contribution < 1.29 is 9.47 Å². The van der Waals surface area contributed by atoms with Gasteiger partial charge in [-0.1, -0.05) is 103 Å². The van der Waals surface area contributed by atoms with Gasteiger partial charge in [0.05, 0.1) is 13.2 Å². The van der Waals surface area contributed by atoms with Crippen molar-refractivity contribution in [3.63, 3.8) is 0 Å². The maximum atomic E-state index is 5.55. The van der Waals surface area contributed by atoms with Gasteiger partial charge in [-0.2, -0.15) is 0 Å². The molecule has 0 aliphatic carbocycles. The van der Waals surface area contributed by atoms with Gasteiger partial charge < -0.3 is 9.47 Å². The Labute approximate surface area is 145 Å². The molecule has 0 N–H and O–H groups in total. The SMILES string of the molecule is CCCCCCCCCCCCCCCCCCOCC1CO1. The third kappa shape index (κ3) is 16.6. The lowest BCUT2D eigenvalue weighted by molar-refractivity contribution is 0.113. The summed E-state index contributed by atoms with van der Waals surface area (Å²) in [5.74, 6) is 0. The highest BCUT2D eigenvalue weighted by Crippen LogP contribution is 2.14. The number of ether oxygens (including phenoxy) is 2. The summed E-state index contributed by atoms with van der Waals surface area (Å²) in [6.07, 6.45) is 23.2. The highest BCUT2D eigenvalue weighted by Gasteiger charge is 2.21. The molecule has 2 nitrogen and oxygen atoms in total. The van der Waals surface area contributed by atoms with Crippen molar-refractivity contribution in [2.45, 2.75) is 116 Å². The lowest BCUT2D eigenvalue weighted by Gasteiger charge is -2.04. The standard InChI is InChI=1S/C21H42O2/c1-2-3-4-5-6-7-8-9-10-11-12-13-14-15-16-17-18-22-19-21-20-23-21/h21H,2-20H2,1H3. The molecule has 0 aromatic rings. The summed E-state index contributed by atoms with van der Waals surface area (Å²) in [4.78, 5) is 0. The van der Waals surface area contributed by atoms with Crippen molar-refractivity contribution in [3.05, 3.63) is 0 Å². The molecule has 1 atom stereocenters. The summed E-state index contributed by atoms with van der Waals surface area (Å²) in [6, 6.07) is 0. The van der Waals surface area contributed by atoms with Crippen molar-refractivity contribution in [2.24, 2.45) is 0 Å². The third-order valence-corrected chi connectivity index (χ3v) is 4.85. The van der Waals surface area contributed by atoms with Gasteiger partial charge in [-0.15, -0.1) is 0 Å². The van der Waals surface area contributed by atoms with Crippen LogP contribution in [0.25, 0.3) is 0 Å². The predicted octanol–water partition coefficient (Wildman–Crippen LogP) is 6.66. The number of hydrogen-bond donors (Lipinski definition) is 0. The maximum absolute atomic E-state index is 5.55. The van der Waals surface area contributed by atoms with E-state index in [0.717, 1.165) is 19.8 Å². The van der Waals surface area contributed by atoms with Crippen LogP contribution in [0.1, 0.15) is 110 Å². The molecule has 1 fully saturated rings. The summed E-state index contributed by atoms with van der Waals surface area (Å²) in [5.41, 5.74) is 0. The van der Waals surface area contributed by atoms with Crippen LogP contribution in [-0.4, -0.2) is 25.9 Å². The molecular weight excluding hydrogens is 284 g/mol. The van der Waals surface area contributed by atoms with Gasteiger partial charge in [0.1, 0.15) is 6.10 Å². The van der Waals surface area contributed by atoms with Gasteiger partial charge in [0.2, 0.25) is 0 Å². The molecule has 2 heteroatoms. The fourth-order valence-corrected chi connectivity index (χ4v) is 3.13. The van der Waals surface area contributed by atoms with E-state index in [4.69, 9.17) is 9.47 Å². The fraction of sp³-hybridized carbons (Fsp3) is 1.00. The minimum atomic E-state index is 0.427. The highest BCUT2D eigenvalue weighted by atomic mass is 16.6. The smallest absolute Gasteiger partial charge is 0.104 e. The first-order chi connectivity index (χ1) is 11.4. The second-order valence-corrected chi connectivity index (χ2v) is 7.33. The molecule has 0 radical (unpaired) electrons. The number of unbranched alkanes of at least 4 members (excludes halogenated alkanes) is 15. The molecule has 1 aliphatic heterocycles. The van der Waals surface area contributed by atoms with E-state index in [2.05, 4.69) is 6.92 Å². The Kier molecular flexibility index (Phi) is 15.3. The first kappa shape index (κ1) is 21.0. The number of hydrogen-bond acceptors (Lipinski definition) is 2. The Balaban J connectivity index is 1.59. The Morgan fingerprint density at radius 1 is 0.652 bits per heavy atom. The third-order valence-electron chi connectivity index (χ3n) is 4.85. The molecule has 0 aromatic heterocycles. The van der Waals surface area contributed by atoms with E-state index >= 15 is 0 Å². The van der Waals surface area contributed by atoms with E-state index in [0.29, 0.717) is 6.10 Å². The van der Waals surface area contributed by atoms with Crippen LogP contribution in [0.5, 0.6) is 0 Å². The normalized spacial score (nSPS) is 16.8. The lowest BCUT2D eigenvalue weighted by atomic mass is 10.0. The molecule has 1 rings (SSSR count). The first-order valence-corrected chi connectivity index (χ1v) is 10.6. The minimum absolute atomic E-state index is 0.427. The number of rotatable bonds is 19. The maximum Gasteiger partial charge on any atom is 0.104 e.